The molecule has 14 heavy (non-hydrogen) atoms. The normalized spacial score (nSPS) is 12.9. The van der Waals surface area contributed by atoms with E-state index >= 15 is 0 Å². The van der Waals surface area contributed by atoms with Crippen LogP contribution in [0.25, 0.3) is 5.65 Å². The summed E-state index contributed by atoms with van der Waals surface area (Å²) in [5.74, 6) is 0.229. The summed E-state index contributed by atoms with van der Waals surface area (Å²) in [7, 11) is 0. The van der Waals surface area contributed by atoms with Gasteiger partial charge < -0.3 is 5.73 Å². The van der Waals surface area contributed by atoms with E-state index in [4.69, 9.17) is 10.3 Å². The zero-order valence-electron chi connectivity index (χ0n) is 6.91. The summed E-state index contributed by atoms with van der Waals surface area (Å²) >= 11 is -2.10. The summed E-state index contributed by atoms with van der Waals surface area (Å²) in [5, 5.41) is 7.40. The van der Waals surface area contributed by atoms with E-state index in [1.165, 1.54) is 4.40 Å². The van der Waals surface area contributed by atoms with Crippen molar-refractivity contribution in [2.75, 3.05) is 10.5 Å². The lowest BCUT2D eigenvalue weighted by molar-refractivity contribution is 0.570. The molecule has 74 valence electrons. The second kappa shape index (κ2) is 3.24. The van der Waals surface area contributed by atoms with Gasteiger partial charge in [-0.2, -0.15) is 0 Å². The van der Waals surface area contributed by atoms with Crippen molar-refractivity contribution in [3.8, 4) is 0 Å². The van der Waals surface area contributed by atoms with Crippen LogP contribution in [0.5, 0.6) is 0 Å². The summed E-state index contributed by atoms with van der Waals surface area (Å²) < 4.78 is 22.9. The van der Waals surface area contributed by atoms with Crippen molar-refractivity contribution in [1.82, 2.24) is 14.6 Å². The van der Waals surface area contributed by atoms with Gasteiger partial charge in [-0.1, -0.05) is 0 Å². The van der Waals surface area contributed by atoms with Crippen molar-refractivity contribution in [1.29, 1.82) is 0 Å². The van der Waals surface area contributed by atoms with Crippen LogP contribution < -0.4 is 10.5 Å². The van der Waals surface area contributed by atoms with Crippen LogP contribution in [0.2, 0.25) is 0 Å². The van der Waals surface area contributed by atoms with Gasteiger partial charge in [0.25, 0.3) is 11.3 Å². The third-order valence-corrected chi connectivity index (χ3v) is 2.04. The highest BCUT2D eigenvalue weighted by Crippen LogP contribution is 2.11. The molecule has 0 bridgehead atoms. The van der Waals surface area contributed by atoms with Gasteiger partial charge in [-0.15, -0.1) is 10.2 Å². The van der Waals surface area contributed by atoms with E-state index < -0.39 is 11.3 Å². The largest absolute Gasteiger partial charge is 0.368 e. The maximum Gasteiger partial charge on any atom is 0.259 e. The number of rotatable bonds is 2. The first-order valence-electron chi connectivity index (χ1n) is 3.64. The van der Waals surface area contributed by atoms with Gasteiger partial charge in [0.05, 0.1) is 5.69 Å². The summed E-state index contributed by atoms with van der Waals surface area (Å²) in [5.41, 5.74) is 6.54. The minimum absolute atomic E-state index is 0.229. The molecule has 0 fully saturated rings. The van der Waals surface area contributed by atoms with Gasteiger partial charge >= 0.3 is 0 Å². The molecule has 0 aliphatic carbocycles. The fourth-order valence-electron chi connectivity index (χ4n) is 1.07. The molecule has 0 saturated heterocycles. The average Bonchev–Trinajstić information content (AvgIpc) is 2.47. The van der Waals surface area contributed by atoms with E-state index in [-0.39, 0.29) is 5.95 Å². The molecule has 2 aromatic rings. The van der Waals surface area contributed by atoms with E-state index in [1.807, 2.05) is 0 Å². The van der Waals surface area contributed by atoms with Gasteiger partial charge in [0.15, 0.2) is 5.65 Å². The Hall–Kier alpha value is -1.67. The van der Waals surface area contributed by atoms with E-state index in [9.17, 15) is 4.21 Å². The van der Waals surface area contributed by atoms with Crippen LogP contribution in [0.1, 0.15) is 0 Å². The number of nitrogen functional groups attached to an aromatic ring is 1. The molecular formula is C6H7N5O2S. The lowest BCUT2D eigenvalue weighted by atomic mass is 10.4. The minimum atomic E-state index is -2.10. The second-order valence-corrected chi connectivity index (χ2v) is 3.26. The predicted molar refractivity (Wildman–Crippen MR) is 51.8 cm³/mol. The zero-order valence-corrected chi connectivity index (χ0v) is 7.73. The van der Waals surface area contributed by atoms with Crippen LogP contribution in [0.4, 0.5) is 11.6 Å². The third-order valence-electron chi connectivity index (χ3n) is 1.63. The zero-order chi connectivity index (χ0) is 10.1. The summed E-state index contributed by atoms with van der Waals surface area (Å²) in [6, 6.07) is 3.25. The highest BCUT2D eigenvalue weighted by molar-refractivity contribution is 7.80. The van der Waals surface area contributed by atoms with E-state index in [1.54, 1.807) is 18.3 Å². The maximum absolute atomic E-state index is 10.5. The molecule has 0 aliphatic heterocycles. The summed E-state index contributed by atoms with van der Waals surface area (Å²) in [4.78, 5) is 0. The molecule has 1 unspecified atom stereocenters. The Balaban J connectivity index is 2.49. The molecule has 8 heteroatoms. The van der Waals surface area contributed by atoms with Crippen LogP contribution in [-0.4, -0.2) is 23.4 Å². The van der Waals surface area contributed by atoms with Crippen molar-refractivity contribution in [2.45, 2.75) is 0 Å². The van der Waals surface area contributed by atoms with Gasteiger partial charge in [0, 0.05) is 6.20 Å². The molecule has 2 heterocycles. The van der Waals surface area contributed by atoms with Gasteiger partial charge in [0.2, 0.25) is 5.95 Å². The third kappa shape index (κ3) is 1.52. The standard InChI is InChI=1S/C6H7N5O2S/c7-6-9-8-5-2-1-4(3-11(5)6)10-14(12)13/h1-3,10H,(H2,7,9)(H,12,13). The van der Waals surface area contributed by atoms with Crippen molar-refractivity contribution in [3.63, 3.8) is 0 Å². The Labute approximate surface area is 81.4 Å². The number of nitrogens with two attached hydrogens (primary N) is 1. The molecule has 7 nitrogen and oxygen atoms in total. The summed E-state index contributed by atoms with van der Waals surface area (Å²) in [6.07, 6.45) is 1.54. The molecule has 2 rings (SSSR count). The molecule has 0 aromatic carbocycles. The summed E-state index contributed by atoms with van der Waals surface area (Å²) in [6.45, 7) is 0. The van der Waals surface area contributed by atoms with Crippen molar-refractivity contribution < 1.29 is 8.76 Å². The topological polar surface area (TPSA) is 106 Å². The van der Waals surface area contributed by atoms with Crippen LogP contribution in [-0.2, 0) is 11.3 Å². The number of nitrogens with one attached hydrogen (secondary N) is 1. The van der Waals surface area contributed by atoms with E-state index in [0.29, 0.717) is 11.3 Å². The molecule has 0 amide bonds. The van der Waals surface area contributed by atoms with Gasteiger partial charge in [-0.3, -0.25) is 13.7 Å². The Morgan fingerprint density at radius 3 is 3.00 bits per heavy atom. The molecule has 2 aromatic heterocycles. The molecule has 1 atom stereocenters. The average molecular weight is 213 g/mol. The monoisotopic (exact) mass is 213 g/mol. The van der Waals surface area contributed by atoms with Crippen LogP contribution in [0.3, 0.4) is 0 Å². The fourth-order valence-corrected chi connectivity index (χ4v) is 1.39. The first-order valence-corrected chi connectivity index (χ1v) is 4.75. The SMILES string of the molecule is Nc1nnc2ccc(NS(=O)O)cn12. The molecule has 4 N–H and O–H groups in total. The van der Waals surface area contributed by atoms with E-state index in [0.717, 1.165) is 0 Å². The number of fused-ring (bicyclic) bond motifs is 1. The molecule has 0 spiro atoms. The Bertz CT molecular complexity index is 496. The molecule has 0 saturated carbocycles. The highest BCUT2D eigenvalue weighted by atomic mass is 32.2. The van der Waals surface area contributed by atoms with E-state index in [2.05, 4.69) is 14.9 Å². The Morgan fingerprint density at radius 1 is 1.50 bits per heavy atom. The van der Waals surface area contributed by atoms with Crippen LogP contribution in [0, 0.1) is 0 Å². The van der Waals surface area contributed by atoms with Gasteiger partial charge in [-0.05, 0) is 12.1 Å². The molecular weight excluding hydrogens is 206 g/mol. The van der Waals surface area contributed by atoms with Crippen LogP contribution >= 0.6 is 0 Å². The fraction of sp³-hybridized carbons (Fsp3) is 0. The van der Waals surface area contributed by atoms with Gasteiger partial charge in [-0.25, -0.2) is 4.21 Å². The van der Waals surface area contributed by atoms with Crippen molar-refractivity contribution in [3.05, 3.63) is 18.3 Å². The quantitative estimate of drug-likeness (QED) is 0.602. The number of hydrogen-bond acceptors (Lipinski definition) is 4. The smallest absolute Gasteiger partial charge is 0.259 e. The lowest BCUT2D eigenvalue weighted by Gasteiger charge is -2.01. The number of hydrogen-bond donors (Lipinski definition) is 3. The minimum Gasteiger partial charge on any atom is -0.368 e. The van der Waals surface area contributed by atoms with Crippen molar-refractivity contribution >= 4 is 28.5 Å². The number of aromatic nitrogens is 3. The molecule has 0 aliphatic rings. The number of nitrogens with zero attached hydrogens (tertiary/aromatic N) is 3. The first kappa shape index (κ1) is 8.91. The second-order valence-electron chi connectivity index (χ2n) is 2.56. The lowest BCUT2D eigenvalue weighted by Crippen LogP contribution is -2.03. The van der Waals surface area contributed by atoms with Crippen LogP contribution in [0.15, 0.2) is 18.3 Å². The maximum atomic E-state index is 10.5. The predicted octanol–water partition coefficient (Wildman–Crippen LogP) is -0.140. The highest BCUT2D eigenvalue weighted by Gasteiger charge is 2.02. The van der Waals surface area contributed by atoms with Gasteiger partial charge in [0.1, 0.15) is 0 Å². The first-order chi connectivity index (χ1) is 6.66. The van der Waals surface area contributed by atoms with Crippen molar-refractivity contribution in [2.24, 2.45) is 0 Å². The molecule has 0 radical (unpaired) electrons. The Morgan fingerprint density at radius 2 is 2.29 bits per heavy atom. The number of anilines is 2. The Kier molecular flexibility index (Phi) is 2.06. The number of pyridine rings is 1.